The average Bonchev–Trinajstić information content (AvgIpc) is 3.28. The number of aromatic nitrogens is 1. The molecule has 0 amide bonds. The maximum absolute atomic E-state index is 4.60. The molecule has 6 aromatic rings. The van der Waals surface area contributed by atoms with Crippen LogP contribution >= 0.6 is 0 Å². The van der Waals surface area contributed by atoms with Crippen LogP contribution in [-0.2, 0) is 10.8 Å². The van der Waals surface area contributed by atoms with Crippen LogP contribution in [0.3, 0.4) is 0 Å². The third-order valence-electron chi connectivity index (χ3n) is 9.68. The van der Waals surface area contributed by atoms with Gasteiger partial charge in [-0.2, -0.15) is 0 Å². The molecular formula is C41H34N2. The molecule has 2 heteroatoms. The van der Waals surface area contributed by atoms with Crippen LogP contribution in [0.5, 0.6) is 0 Å². The van der Waals surface area contributed by atoms with Crippen molar-refractivity contribution in [2.75, 3.05) is 4.90 Å². The largest absolute Gasteiger partial charge is 0.310 e. The van der Waals surface area contributed by atoms with E-state index in [4.69, 9.17) is 0 Å². The molecule has 2 aliphatic rings. The Kier molecular flexibility index (Phi) is 5.55. The van der Waals surface area contributed by atoms with Crippen molar-refractivity contribution >= 4 is 17.1 Å². The van der Waals surface area contributed by atoms with Crippen molar-refractivity contribution in [2.24, 2.45) is 0 Å². The van der Waals surface area contributed by atoms with E-state index in [1.54, 1.807) is 0 Å². The molecule has 2 heterocycles. The molecule has 0 N–H and O–H groups in total. The van der Waals surface area contributed by atoms with E-state index in [1.165, 1.54) is 61.6 Å². The average molecular weight is 555 g/mol. The lowest BCUT2D eigenvalue weighted by atomic mass is 9.69. The van der Waals surface area contributed by atoms with E-state index in [0.29, 0.717) is 0 Å². The second-order valence-corrected chi connectivity index (χ2v) is 12.9. The number of fused-ring (bicyclic) bond motifs is 6. The summed E-state index contributed by atoms with van der Waals surface area (Å²) in [5.41, 5.74) is 16.3. The molecule has 0 unspecified atom stereocenters. The van der Waals surface area contributed by atoms with Crippen LogP contribution < -0.4 is 4.90 Å². The quantitative estimate of drug-likeness (QED) is 0.216. The highest BCUT2D eigenvalue weighted by Crippen LogP contribution is 2.60. The lowest BCUT2D eigenvalue weighted by Gasteiger charge is -2.43. The van der Waals surface area contributed by atoms with E-state index in [9.17, 15) is 0 Å². The van der Waals surface area contributed by atoms with E-state index >= 15 is 0 Å². The zero-order valence-corrected chi connectivity index (χ0v) is 25.1. The first-order chi connectivity index (χ1) is 20.9. The summed E-state index contributed by atoms with van der Waals surface area (Å²) >= 11 is 0. The Labute approximate surface area is 254 Å². The van der Waals surface area contributed by atoms with Crippen LogP contribution in [0.2, 0.25) is 0 Å². The van der Waals surface area contributed by atoms with Gasteiger partial charge in [0.05, 0.1) is 17.1 Å². The number of para-hydroxylation sites is 1. The van der Waals surface area contributed by atoms with Crippen LogP contribution in [0.4, 0.5) is 17.1 Å². The summed E-state index contributed by atoms with van der Waals surface area (Å²) in [5.74, 6) is 0. The summed E-state index contributed by atoms with van der Waals surface area (Å²) in [7, 11) is 0. The normalized spacial score (nSPS) is 15.3. The van der Waals surface area contributed by atoms with E-state index in [-0.39, 0.29) is 10.8 Å². The molecule has 0 fully saturated rings. The van der Waals surface area contributed by atoms with E-state index in [2.05, 4.69) is 153 Å². The molecule has 0 bridgehead atoms. The van der Waals surface area contributed by atoms with Gasteiger partial charge in [-0.1, -0.05) is 113 Å². The molecule has 1 aliphatic carbocycles. The number of nitrogens with zero attached hydrogens (tertiary/aromatic N) is 2. The second-order valence-electron chi connectivity index (χ2n) is 12.9. The lowest BCUT2D eigenvalue weighted by molar-refractivity contribution is 0.627. The number of rotatable bonds is 3. The van der Waals surface area contributed by atoms with Gasteiger partial charge < -0.3 is 4.90 Å². The van der Waals surface area contributed by atoms with Crippen LogP contribution in [-0.4, -0.2) is 4.98 Å². The molecule has 0 saturated heterocycles. The Morgan fingerprint density at radius 2 is 1.23 bits per heavy atom. The lowest BCUT2D eigenvalue weighted by Crippen LogP contribution is -2.31. The molecule has 1 aliphatic heterocycles. The third kappa shape index (κ3) is 3.76. The standard InChI is InChI=1S/C41H34N2/c1-40(2)32-18-9-8-17-31(32)38-34(40)22-23-36-39(38)41(3,4)33-21-20-28(26-37(33)43(36)30-15-6-5-7-16-30)27-13-12-14-29(25-27)35-19-10-11-24-42-35/h5-26H,1-4H3. The van der Waals surface area contributed by atoms with Gasteiger partial charge >= 0.3 is 0 Å². The molecule has 0 saturated carbocycles. The number of anilines is 3. The number of hydrogen-bond acceptors (Lipinski definition) is 2. The Hall–Kier alpha value is -4.95. The zero-order chi connectivity index (χ0) is 29.3. The number of pyridine rings is 1. The van der Waals surface area contributed by atoms with Crippen molar-refractivity contribution in [3.05, 3.63) is 156 Å². The molecule has 0 spiro atoms. The highest BCUT2D eigenvalue weighted by molar-refractivity contribution is 5.96. The molecule has 1 aromatic heterocycles. The molecule has 5 aromatic carbocycles. The first kappa shape index (κ1) is 25.7. The van der Waals surface area contributed by atoms with Crippen LogP contribution in [0.1, 0.15) is 49.9 Å². The Morgan fingerprint density at radius 3 is 2.05 bits per heavy atom. The van der Waals surface area contributed by atoms with Gasteiger partial charge in [0.25, 0.3) is 0 Å². The van der Waals surface area contributed by atoms with Crippen molar-refractivity contribution < 1.29 is 0 Å². The van der Waals surface area contributed by atoms with Gasteiger partial charge in [-0.25, -0.2) is 0 Å². The summed E-state index contributed by atoms with van der Waals surface area (Å²) in [5, 5.41) is 0. The van der Waals surface area contributed by atoms with Gasteiger partial charge in [0.15, 0.2) is 0 Å². The minimum absolute atomic E-state index is 0.0443. The molecule has 43 heavy (non-hydrogen) atoms. The van der Waals surface area contributed by atoms with Crippen molar-refractivity contribution in [3.8, 4) is 33.5 Å². The molecule has 8 rings (SSSR count). The monoisotopic (exact) mass is 554 g/mol. The van der Waals surface area contributed by atoms with Gasteiger partial charge in [-0.15, -0.1) is 0 Å². The van der Waals surface area contributed by atoms with Crippen molar-refractivity contribution in [3.63, 3.8) is 0 Å². The summed E-state index contributed by atoms with van der Waals surface area (Å²) in [6, 6.07) is 46.4. The first-order valence-electron chi connectivity index (χ1n) is 15.1. The van der Waals surface area contributed by atoms with Crippen molar-refractivity contribution in [1.29, 1.82) is 0 Å². The molecule has 2 nitrogen and oxygen atoms in total. The van der Waals surface area contributed by atoms with Gasteiger partial charge in [-0.3, -0.25) is 4.98 Å². The predicted octanol–water partition coefficient (Wildman–Crippen LogP) is 10.8. The van der Waals surface area contributed by atoms with Crippen molar-refractivity contribution in [2.45, 2.75) is 38.5 Å². The van der Waals surface area contributed by atoms with E-state index in [1.807, 2.05) is 18.3 Å². The predicted molar refractivity (Wildman–Crippen MR) is 179 cm³/mol. The molecular weight excluding hydrogens is 520 g/mol. The minimum atomic E-state index is -0.205. The fourth-order valence-corrected chi connectivity index (χ4v) is 7.54. The maximum atomic E-state index is 4.60. The topological polar surface area (TPSA) is 16.1 Å². The highest BCUT2D eigenvalue weighted by Gasteiger charge is 2.44. The van der Waals surface area contributed by atoms with Crippen LogP contribution in [0, 0.1) is 0 Å². The molecule has 0 atom stereocenters. The fraction of sp³-hybridized carbons (Fsp3) is 0.146. The summed E-state index contributed by atoms with van der Waals surface area (Å²) in [6.07, 6.45) is 1.86. The van der Waals surface area contributed by atoms with Gasteiger partial charge in [0.1, 0.15) is 0 Å². The van der Waals surface area contributed by atoms with E-state index < -0.39 is 0 Å². The van der Waals surface area contributed by atoms with Crippen molar-refractivity contribution in [1.82, 2.24) is 4.98 Å². The molecule has 208 valence electrons. The number of benzene rings is 5. The van der Waals surface area contributed by atoms with Crippen LogP contribution in [0.15, 0.2) is 134 Å². The Morgan fingerprint density at radius 1 is 0.512 bits per heavy atom. The summed E-state index contributed by atoms with van der Waals surface area (Å²) in [4.78, 5) is 7.08. The SMILES string of the molecule is CC1(C)c2ccccc2-c2c1ccc1c2C(C)(C)c2ccc(-c3cccc(-c4ccccn4)c3)cc2N1c1ccccc1. The summed E-state index contributed by atoms with van der Waals surface area (Å²) in [6.45, 7) is 9.55. The molecule has 0 radical (unpaired) electrons. The van der Waals surface area contributed by atoms with Gasteiger partial charge in [-0.05, 0) is 87.0 Å². The number of hydrogen-bond donors (Lipinski definition) is 0. The highest BCUT2D eigenvalue weighted by atomic mass is 15.2. The minimum Gasteiger partial charge on any atom is -0.310 e. The van der Waals surface area contributed by atoms with Gasteiger partial charge in [0, 0.05) is 28.3 Å². The first-order valence-corrected chi connectivity index (χ1v) is 15.1. The third-order valence-corrected chi connectivity index (χ3v) is 9.68. The van der Waals surface area contributed by atoms with Crippen LogP contribution in [0.25, 0.3) is 33.5 Å². The zero-order valence-electron chi connectivity index (χ0n) is 25.1. The Balaban J connectivity index is 1.37. The van der Waals surface area contributed by atoms with Gasteiger partial charge in [0.2, 0.25) is 0 Å². The summed E-state index contributed by atoms with van der Waals surface area (Å²) < 4.78 is 0. The fourth-order valence-electron chi connectivity index (χ4n) is 7.54. The maximum Gasteiger partial charge on any atom is 0.0702 e. The second kappa shape index (κ2) is 9.28. The smallest absolute Gasteiger partial charge is 0.0702 e. The van der Waals surface area contributed by atoms with E-state index in [0.717, 1.165) is 11.3 Å². The Bertz CT molecular complexity index is 2020.